The normalized spacial score (nSPS) is 14.4. The predicted octanol–water partition coefficient (Wildman–Crippen LogP) is 5.07. The quantitative estimate of drug-likeness (QED) is 0.0705. The van der Waals surface area contributed by atoms with Gasteiger partial charge in [0.15, 0.2) is 13.2 Å². The molecule has 1 heterocycles. The van der Waals surface area contributed by atoms with Crippen molar-refractivity contribution >= 4 is 41.9 Å². The van der Waals surface area contributed by atoms with Crippen LogP contribution in [-0.2, 0) is 41.6 Å². The van der Waals surface area contributed by atoms with Crippen molar-refractivity contribution < 1.29 is 75.5 Å². The number of ether oxygens (including phenoxy) is 2. The Morgan fingerprint density at radius 2 is 1.38 bits per heavy atom. The summed E-state index contributed by atoms with van der Waals surface area (Å²) in [6, 6.07) is 24.7. The molecule has 58 heavy (non-hydrogen) atoms. The zero-order chi connectivity index (χ0) is 42.9. The molecule has 1 amide bonds. The van der Waals surface area contributed by atoms with E-state index < -0.39 is 90.5 Å². The molecule has 0 spiro atoms. The minimum absolute atomic E-state index is 0.0725. The van der Waals surface area contributed by atoms with Crippen molar-refractivity contribution in [3.63, 3.8) is 0 Å². The van der Waals surface area contributed by atoms with Gasteiger partial charge in [0.1, 0.15) is 28.7 Å². The zero-order valence-corrected chi connectivity index (χ0v) is 32.2. The molecule has 0 aromatic heterocycles. The molecule has 1 aliphatic rings. The summed E-state index contributed by atoms with van der Waals surface area (Å²) < 4.78 is 170. The van der Waals surface area contributed by atoms with Gasteiger partial charge in [-0.3, -0.25) is 9.35 Å². The minimum atomic E-state index is -4.83. The summed E-state index contributed by atoms with van der Waals surface area (Å²) in [6.07, 6.45) is -9.38. The van der Waals surface area contributed by atoms with Gasteiger partial charge in [-0.25, -0.2) is 22.2 Å². The molecule has 1 aliphatic heterocycles. The first-order valence-corrected chi connectivity index (χ1v) is 21.2. The van der Waals surface area contributed by atoms with Gasteiger partial charge in [0.05, 0.1) is 11.4 Å². The van der Waals surface area contributed by atoms with Crippen LogP contribution in [0.1, 0.15) is 29.0 Å². The lowest BCUT2D eigenvalue weighted by atomic mass is 9.93. The lowest BCUT2D eigenvalue weighted by Gasteiger charge is -2.17. The highest BCUT2D eigenvalue weighted by Gasteiger charge is 2.36. The van der Waals surface area contributed by atoms with Crippen LogP contribution in [0.5, 0.6) is 17.2 Å². The number of alkyl halides is 6. The monoisotopic (exact) mass is 883 g/mol. The minimum Gasteiger partial charge on any atom is -0.506 e. The van der Waals surface area contributed by atoms with Crippen LogP contribution in [0.2, 0.25) is 0 Å². The van der Waals surface area contributed by atoms with E-state index in [4.69, 9.17) is 4.55 Å². The molecule has 23 heteroatoms. The smallest absolute Gasteiger partial charge is 0.422 e. The Morgan fingerprint density at radius 1 is 0.810 bits per heavy atom. The molecular weight excluding hydrogens is 849 g/mol. The van der Waals surface area contributed by atoms with Gasteiger partial charge in [0.2, 0.25) is 10.0 Å². The Kier molecular flexibility index (Phi) is 14.7. The molecule has 1 fully saturated rings. The van der Waals surface area contributed by atoms with Crippen molar-refractivity contribution in [2.45, 2.75) is 36.0 Å². The number of halogens is 6. The number of benzene rings is 4. The number of sulfonamides is 1. The number of carbonyl (C=O) groups is 1. The second kappa shape index (κ2) is 18.7. The summed E-state index contributed by atoms with van der Waals surface area (Å²) in [4.78, 5) is 10.5. The average Bonchev–Trinajstić information content (AvgIpc) is 3.41. The van der Waals surface area contributed by atoms with Gasteiger partial charge in [-0.1, -0.05) is 66.7 Å². The van der Waals surface area contributed by atoms with Crippen molar-refractivity contribution in [3.05, 3.63) is 114 Å². The lowest BCUT2D eigenvalue weighted by molar-refractivity contribution is -0.154. The SMILES string of the molecule is O=C1CN(c2ccc(CCCNS(=O)(=O)c3cc(OCC(F)(F)F)ccc3OCC(F)(F)F)cc2O)S(=O)(=O)N1.O=S(=O)(O)CC(c1ccccc1)c1ccccc1. The fraction of sp³-hybridized carbons (Fsp3) is 0.286. The van der Waals surface area contributed by atoms with Crippen molar-refractivity contribution in [1.29, 1.82) is 0 Å². The van der Waals surface area contributed by atoms with Gasteiger partial charge in [-0.2, -0.15) is 43.2 Å². The van der Waals surface area contributed by atoms with E-state index in [1.807, 2.05) is 60.7 Å². The molecule has 316 valence electrons. The topological polar surface area (TPSA) is 206 Å². The zero-order valence-electron chi connectivity index (χ0n) is 29.8. The number of aromatic hydroxyl groups is 1. The molecular formula is C35H35F6N3O11S3. The molecule has 5 rings (SSSR count). The van der Waals surface area contributed by atoms with Crippen molar-refractivity contribution in [1.82, 2.24) is 9.44 Å². The van der Waals surface area contributed by atoms with Crippen LogP contribution >= 0.6 is 0 Å². The Morgan fingerprint density at radius 3 is 1.88 bits per heavy atom. The average molecular weight is 884 g/mol. The molecule has 0 radical (unpaired) electrons. The molecule has 0 aliphatic carbocycles. The molecule has 4 aromatic carbocycles. The van der Waals surface area contributed by atoms with Crippen LogP contribution in [0.3, 0.4) is 0 Å². The van der Waals surface area contributed by atoms with Crippen LogP contribution < -0.4 is 23.2 Å². The van der Waals surface area contributed by atoms with Gasteiger partial charge in [0, 0.05) is 18.5 Å². The van der Waals surface area contributed by atoms with E-state index in [1.54, 1.807) is 4.72 Å². The molecule has 1 saturated heterocycles. The van der Waals surface area contributed by atoms with Crippen LogP contribution in [0, 0.1) is 0 Å². The van der Waals surface area contributed by atoms with E-state index in [2.05, 4.69) is 14.2 Å². The third kappa shape index (κ3) is 14.1. The molecule has 4 N–H and O–H groups in total. The Hall–Kier alpha value is -5.10. The maximum Gasteiger partial charge on any atom is 0.422 e. The molecule has 0 bridgehead atoms. The molecule has 4 aromatic rings. The molecule has 0 atom stereocenters. The Bertz CT molecular complexity index is 2330. The van der Waals surface area contributed by atoms with Gasteiger partial charge >= 0.3 is 22.6 Å². The highest BCUT2D eigenvalue weighted by atomic mass is 32.2. The Balaban J connectivity index is 0.000000343. The molecule has 0 unspecified atom stereocenters. The first-order valence-electron chi connectivity index (χ1n) is 16.7. The number of rotatable bonds is 15. The summed E-state index contributed by atoms with van der Waals surface area (Å²) in [5.74, 6) is -3.26. The first-order chi connectivity index (χ1) is 26.9. The number of hydrogen-bond acceptors (Lipinski definition) is 10. The summed E-state index contributed by atoms with van der Waals surface area (Å²) in [6.45, 7) is -4.46. The van der Waals surface area contributed by atoms with Crippen LogP contribution in [0.25, 0.3) is 0 Å². The maximum atomic E-state index is 12.8. The van der Waals surface area contributed by atoms with Gasteiger partial charge in [0.25, 0.3) is 16.0 Å². The Labute approximate surface area is 329 Å². The van der Waals surface area contributed by atoms with Gasteiger partial charge in [-0.15, -0.1) is 0 Å². The number of nitrogens with zero attached hydrogens (tertiary/aromatic N) is 1. The van der Waals surface area contributed by atoms with E-state index in [0.29, 0.717) is 15.9 Å². The number of carbonyl (C=O) groups excluding carboxylic acids is 1. The number of aryl methyl sites for hydroxylation is 1. The number of amides is 1. The fourth-order valence-electron chi connectivity index (χ4n) is 5.37. The molecule has 0 saturated carbocycles. The number of nitrogens with one attached hydrogen (secondary N) is 2. The van der Waals surface area contributed by atoms with Crippen LogP contribution in [0.4, 0.5) is 32.0 Å². The second-order valence-corrected chi connectivity index (χ2v) is 17.2. The number of phenols is 1. The number of anilines is 1. The highest BCUT2D eigenvalue weighted by molar-refractivity contribution is 7.92. The predicted molar refractivity (Wildman–Crippen MR) is 197 cm³/mol. The van der Waals surface area contributed by atoms with Crippen molar-refractivity contribution in [2.24, 2.45) is 0 Å². The van der Waals surface area contributed by atoms with Crippen molar-refractivity contribution in [3.8, 4) is 17.2 Å². The summed E-state index contributed by atoms with van der Waals surface area (Å²) in [7, 11) is -12.8. The first kappa shape index (κ1) is 45.6. The van der Waals surface area contributed by atoms with Crippen molar-refractivity contribution in [2.75, 3.05) is 36.4 Å². The van der Waals surface area contributed by atoms with Crippen LogP contribution in [0.15, 0.2) is 102 Å². The highest BCUT2D eigenvalue weighted by Crippen LogP contribution is 2.33. The van der Waals surface area contributed by atoms with Crippen LogP contribution in [-0.4, -0.2) is 85.2 Å². The van der Waals surface area contributed by atoms with Gasteiger partial charge in [-0.05, 0) is 53.8 Å². The number of hydrogen-bond donors (Lipinski definition) is 4. The third-order valence-electron chi connectivity index (χ3n) is 7.84. The van der Waals surface area contributed by atoms with E-state index in [9.17, 15) is 61.5 Å². The largest absolute Gasteiger partial charge is 0.506 e. The maximum absolute atomic E-state index is 12.8. The lowest BCUT2D eigenvalue weighted by Crippen LogP contribution is -2.29. The molecule has 14 nitrogen and oxygen atoms in total. The van der Waals surface area contributed by atoms with E-state index in [1.165, 1.54) is 18.2 Å². The summed E-state index contributed by atoms with van der Waals surface area (Å²) in [5, 5.41) is 10.2. The summed E-state index contributed by atoms with van der Waals surface area (Å²) >= 11 is 0. The van der Waals surface area contributed by atoms with E-state index in [-0.39, 0.29) is 36.7 Å². The third-order valence-corrected chi connectivity index (χ3v) is 11.5. The standard InChI is InChI=1S/C21H21F6N3O8S2.C14H14O3S/c22-20(23,24)11-37-14-4-6-17(38-12-21(25,26)27)18(9-14)39(33,34)28-7-1-2-13-3-5-15(16(31)8-13)30-10-19(32)29-40(30,35)36;15-18(16,17)11-14(12-7-3-1-4-8-12)13-9-5-2-6-10-13/h3-6,8-9,28,31H,1-2,7,10-12H2,(H,29,32);1-10,14H,11H2,(H,15,16,17). The van der Waals surface area contributed by atoms with E-state index in [0.717, 1.165) is 23.3 Å². The summed E-state index contributed by atoms with van der Waals surface area (Å²) in [5.41, 5.74) is 2.03. The fourth-order valence-corrected chi connectivity index (χ4v) is 8.57. The second-order valence-electron chi connectivity index (χ2n) is 12.4. The van der Waals surface area contributed by atoms with Gasteiger partial charge < -0.3 is 14.6 Å². The number of phenolic OH excluding ortho intramolecular Hbond substituents is 1. The van der Waals surface area contributed by atoms with E-state index >= 15 is 0 Å².